The number of fused-ring (bicyclic) bond motifs is 1. The van der Waals surface area contributed by atoms with Crippen LogP contribution in [0.3, 0.4) is 0 Å². The highest BCUT2D eigenvalue weighted by atomic mass is 32.2. The number of nitrogens with two attached hydrogens (primary N) is 1. The average molecular weight is 341 g/mol. The molecule has 116 valence electrons. The number of hydrogen-bond acceptors (Lipinski definition) is 5. The van der Waals surface area contributed by atoms with E-state index >= 15 is 0 Å². The molecule has 4 nitrogen and oxygen atoms in total. The van der Waals surface area contributed by atoms with Gasteiger partial charge in [0.25, 0.3) is 5.56 Å². The van der Waals surface area contributed by atoms with E-state index in [0.717, 1.165) is 15.2 Å². The van der Waals surface area contributed by atoms with E-state index in [1.807, 2.05) is 49.4 Å². The van der Waals surface area contributed by atoms with Crippen LogP contribution >= 0.6 is 23.3 Å². The molecule has 2 aromatic carbocycles. The SMILES string of the molecule is C=C(S/C(=N\N)n1sc2ccccc2c1=O)c1ccc(C)cc1. The van der Waals surface area contributed by atoms with E-state index in [9.17, 15) is 4.79 Å². The fourth-order valence-electron chi connectivity index (χ4n) is 2.13. The van der Waals surface area contributed by atoms with Crippen molar-refractivity contribution in [3.63, 3.8) is 0 Å². The van der Waals surface area contributed by atoms with Crippen molar-refractivity contribution in [2.45, 2.75) is 6.92 Å². The number of hydrogen-bond donors (Lipinski definition) is 1. The van der Waals surface area contributed by atoms with Gasteiger partial charge in [0.05, 0.1) is 10.1 Å². The van der Waals surface area contributed by atoms with E-state index in [1.165, 1.54) is 32.8 Å². The quantitative estimate of drug-likeness (QED) is 0.333. The van der Waals surface area contributed by atoms with Gasteiger partial charge in [0.1, 0.15) is 0 Å². The molecule has 3 rings (SSSR count). The van der Waals surface area contributed by atoms with Crippen molar-refractivity contribution >= 4 is 43.5 Å². The first kappa shape index (κ1) is 15.6. The summed E-state index contributed by atoms with van der Waals surface area (Å²) < 4.78 is 2.41. The summed E-state index contributed by atoms with van der Waals surface area (Å²) in [7, 11) is 0. The van der Waals surface area contributed by atoms with E-state index in [1.54, 1.807) is 6.07 Å². The molecule has 0 radical (unpaired) electrons. The molecule has 0 fully saturated rings. The second-order valence-corrected chi connectivity index (χ2v) is 7.04. The number of aryl methyl sites for hydroxylation is 1. The maximum Gasteiger partial charge on any atom is 0.275 e. The predicted molar refractivity (Wildman–Crippen MR) is 101 cm³/mol. The van der Waals surface area contributed by atoms with Crippen LogP contribution < -0.4 is 11.4 Å². The first-order valence-corrected chi connectivity index (χ1v) is 8.52. The van der Waals surface area contributed by atoms with Crippen molar-refractivity contribution in [2.75, 3.05) is 0 Å². The van der Waals surface area contributed by atoms with Gasteiger partial charge in [-0.3, -0.25) is 4.79 Å². The normalized spacial score (nSPS) is 11.8. The summed E-state index contributed by atoms with van der Waals surface area (Å²) in [6.07, 6.45) is 0. The van der Waals surface area contributed by atoms with Gasteiger partial charge in [0, 0.05) is 4.91 Å². The zero-order chi connectivity index (χ0) is 16.4. The van der Waals surface area contributed by atoms with Crippen LogP contribution in [0.15, 0.2) is 65.0 Å². The fraction of sp³-hybridized carbons (Fsp3) is 0.0588. The van der Waals surface area contributed by atoms with Crippen LogP contribution in [0.2, 0.25) is 0 Å². The molecule has 0 saturated carbocycles. The molecule has 0 aliphatic heterocycles. The summed E-state index contributed by atoms with van der Waals surface area (Å²) in [5.74, 6) is 5.52. The average Bonchev–Trinajstić information content (AvgIpc) is 2.90. The van der Waals surface area contributed by atoms with Crippen LogP contribution in [0.5, 0.6) is 0 Å². The van der Waals surface area contributed by atoms with E-state index in [0.29, 0.717) is 10.6 Å². The third kappa shape index (κ3) is 3.09. The Hall–Kier alpha value is -2.31. The van der Waals surface area contributed by atoms with E-state index in [-0.39, 0.29) is 5.56 Å². The third-order valence-corrected chi connectivity index (χ3v) is 5.51. The summed E-state index contributed by atoms with van der Waals surface area (Å²) in [5, 5.41) is 4.87. The Bertz CT molecular complexity index is 952. The second-order valence-electron chi connectivity index (χ2n) is 4.99. The lowest BCUT2D eigenvalue weighted by molar-refractivity contribution is 1.17. The highest BCUT2D eigenvalue weighted by Gasteiger charge is 2.14. The molecule has 1 heterocycles. The molecule has 2 N–H and O–H groups in total. The Morgan fingerprint density at radius 1 is 1.22 bits per heavy atom. The van der Waals surface area contributed by atoms with Gasteiger partial charge in [-0.25, -0.2) is 3.96 Å². The van der Waals surface area contributed by atoms with Crippen molar-refractivity contribution in [3.8, 4) is 0 Å². The molecule has 0 atom stereocenters. The van der Waals surface area contributed by atoms with Gasteiger partial charge in [0.15, 0.2) is 0 Å². The predicted octanol–water partition coefficient (Wildman–Crippen LogP) is 3.85. The van der Waals surface area contributed by atoms with Crippen molar-refractivity contribution in [1.82, 2.24) is 3.96 Å². The molecule has 3 aromatic rings. The number of benzene rings is 2. The summed E-state index contributed by atoms with van der Waals surface area (Å²) in [6, 6.07) is 15.5. The molecular formula is C17H15N3OS2. The van der Waals surface area contributed by atoms with Crippen LogP contribution in [0, 0.1) is 6.92 Å². The Kier molecular flexibility index (Phi) is 4.36. The number of aromatic nitrogens is 1. The fourth-order valence-corrected chi connectivity index (χ4v) is 3.94. The number of rotatable bonds is 2. The monoisotopic (exact) mass is 341 g/mol. The molecule has 0 amide bonds. The number of hydrazone groups is 1. The van der Waals surface area contributed by atoms with Crippen LogP contribution in [0.25, 0.3) is 15.0 Å². The lowest BCUT2D eigenvalue weighted by atomic mass is 10.1. The Labute approximate surface area is 142 Å². The van der Waals surface area contributed by atoms with Crippen molar-refractivity contribution < 1.29 is 0 Å². The Balaban J connectivity index is 1.93. The first-order valence-electron chi connectivity index (χ1n) is 6.93. The zero-order valence-electron chi connectivity index (χ0n) is 12.5. The van der Waals surface area contributed by atoms with Crippen molar-refractivity contribution in [1.29, 1.82) is 0 Å². The maximum absolute atomic E-state index is 12.5. The van der Waals surface area contributed by atoms with E-state index < -0.39 is 0 Å². The van der Waals surface area contributed by atoms with Gasteiger partial charge in [0.2, 0.25) is 5.17 Å². The summed E-state index contributed by atoms with van der Waals surface area (Å²) in [5.41, 5.74) is 2.05. The summed E-state index contributed by atoms with van der Waals surface area (Å²) in [6.45, 7) is 6.10. The van der Waals surface area contributed by atoms with Crippen LogP contribution in [0.1, 0.15) is 11.1 Å². The van der Waals surface area contributed by atoms with Crippen LogP contribution in [-0.2, 0) is 0 Å². The molecule has 0 spiro atoms. The van der Waals surface area contributed by atoms with E-state index in [4.69, 9.17) is 5.84 Å². The van der Waals surface area contributed by atoms with Crippen LogP contribution in [0.4, 0.5) is 0 Å². The Morgan fingerprint density at radius 3 is 2.57 bits per heavy atom. The highest BCUT2D eigenvalue weighted by Crippen LogP contribution is 2.28. The lowest BCUT2D eigenvalue weighted by Gasteiger charge is -2.07. The molecular weight excluding hydrogens is 326 g/mol. The number of nitrogens with zero attached hydrogens (tertiary/aromatic N) is 2. The van der Waals surface area contributed by atoms with Gasteiger partial charge in [-0.15, -0.1) is 0 Å². The van der Waals surface area contributed by atoms with Crippen LogP contribution in [-0.4, -0.2) is 9.12 Å². The number of thioether (sulfide) groups is 1. The molecule has 0 bridgehead atoms. The van der Waals surface area contributed by atoms with Gasteiger partial charge < -0.3 is 5.84 Å². The second kappa shape index (κ2) is 6.44. The smallest absolute Gasteiger partial charge is 0.275 e. The lowest BCUT2D eigenvalue weighted by Crippen LogP contribution is -2.20. The molecule has 23 heavy (non-hydrogen) atoms. The maximum atomic E-state index is 12.5. The molecule has 0 unspecified atom stereocenters. The molecule has 1 aromatic heterocycles. The molecule has 0 aliphatic carbocycles. The topological polar surface area (TPSA) is 60.4 Å². The van der Waals surface area contributed by atoms with Gasteiger partial charge in [-0.2, -0.15) is 5.10 Å². The molecule has 6 heteroatoms. The molecule has 0 aliphatic rings. The third-order valence-electron chi connectivity index (χ3n) is 3.36. The minimum absolute atomic E-state index is 0.112. The van der Waals surface area contributed by atoms with Crippen molar-refractivity contribution in [3.05, 3.63) is 76.6 Å². The summed E-state index contributed by atoms with van der Waals surface area (Å²) in [4.78, 5) is 13.3. The van der Waals surface area contributed by atoms with Crippen molar-refractivity contribution in [2.24, 2.45) is 10.9 Å². The van der Waals surface area contributed by atoms with Gasteiger partial charge >= 0.3 is 0 Å². The summed E-state index contributed by atoms with van der Waals surface area (Å²) >= 11 is 2.62. The zero-order valence-corrected chi connectivity index (χ0v) is 14.2. The minimum atomic E-state index is -0.112. The Morgan fingerprint density at radius 2 is 1.91 bits per heavy atom. The van der Waals surface area contributed by atoms with E-state index in [2.05, 4.69) is 11.7 Å². The molecule has 0 saturated heterocycles. The largest absolute Gasteiger partial charge is 0.321 e. The van der Waals surface area contributed by atoms with Gasteiger partial charge in [-0.05, 0) is 47.9 Å². The standard InChI is InChI=1S/C17H15N3OS2/c1-11-7-9-13(10-8-11)12(2)22-17(19-18)20-16(21)14-5-3-4-6-15(14)23-20/h3-10H,2,18H2,1H3/b19-17-. The first-order chi connectivity index (χ1) is 11.1. The van der Waals surface area contributed by atoms with Gasteiger partial charge in [-0.1, -0.05) is 48.5 Å². The highest BCUT2D eigenvalue weighted by molar-refractivity contribution is 8.21. The minimum Gasteiger partial charge on any atom is -0.321 e.